The molecule has 136 valence electrons. The molecule has 0 radical (unpaired) electrons. The molecule has 0 aromatic heterocycles. The minimum Gasteiger partial charge on any atom is -0.491 e. The van der Waals surface area contributed by atoms with Gasteiger partial charge in [-0.3, -0.25) is 4.79 Å². The Hall–Kier alpha value is -2.33. The van der Waals surface area contributed by atoms with Gasteiger partial charge in [-0.15, -0.1) is 0 Å². The lowest BCUT2D eigenvalue weighted by Crippen LogP contribution is -2.36. The van der Waals surface area contributed by atoms with Crippen LogP contribution >= 0.6 is 0 Å². The lowest BCUT2D eigenvalue weighted by atomic mass is 9.97. The molecular formula is C22H25NO3. The molecule has 0 bridgehead atoms. The highest BCUT2D eigenvalue weighted by atomic mass is 16.5. The van der Waals surface area contributed by atoms with Gasteiger partial charge in [0, 0.05) is 18.7 Å². The molecule has 0 N–H and O–H groups in total. The minimum absolute atomic E-state index is 0.0610. The fourth-order valence-corrected chi connectivity index (χ4v) is 3.86. The first-order valence-electron chi connectivity index (χ1n) is 9.47. The molecule has 4 nitrogen and oxygen atoms in total. The van der Waals surface area contributed by atoms with Gasteiger partial charge in [0.05, 0.1) is 11.8 Å². The van der Waals surface area contributed by atoms with Gasteiger partial charge in [-0.1, -0.05) is 18.2 Å². The molecule has 0 saturated carbocycles. The summed E-state index contributed by atoms with van der Waals surface area (Å²) in [6.45, 7) is 4.25. The van der Waals surface area contributed by atoms with Gasteiger partial charge in [0.15, 0.2) is 0 Å². The monoisotopic (exact) mass is 351 g/mol. The molecule has 2 aromatic rings. The van der Waals surface area contributed by atoms with Gasteiger partial charge in [0.1, 0.15) is 12.4 Å². The van der Waals surface area contributed by atoms with Crippen molar-refractivity contribution in [3.8, 4) is 5.75 Å². The average Bonchev–Trinajstić information content (AvgIpc) is 3.20. The van der Waals surface area contributed by atoms with E-state index in [1.807, 2.05) is 29.2 Å². The van der Waals surface area contributed by atoms with E-state index in [-0.39, 0.29) is 12.0 Å². The van der Waals surface area contributed by atoms with Crippen molar-refractivity contribution in [1.82, 2.24) is 0 Å². The van der Waals surface area contributed by atoms with Crippen molar-refractivity contribution in [2.45, 2.75) is 38.7 Å². The average molecular weight is 351 g/mol. The number of fused-ring (bicyclic) bond motifs is 1. The number of nitrogens with zero attached hydrogens (tertiary/aromatic N) is 1. The van der Waals surface area contributed by atoms with Crippen LogP contribution in [0.5, 0.6) is 5.75 Å². The van der Waals surface area contributed by atoms with Crippen LogP contribution in [-0.4, -0.2) is 31.8 Å². The van der Waals surface area contributed by atoms with Crippen LogP contribution in [0.2, 0.25) is 0 Å². The molecule has 1 saturated heterocycles. The van der Waals surface area contributed by atoms with Gasteiger partial charge in [-0.05, 0) is 68.0 Å². The van der Waals surface area contributed by atoms with Crippen LogP contribution in [0, 0.1) is 6.92 Å². The number of ether oxygens (including phenoxy) is 2. The molecule has 1 atom stereocenters. The van der Waals surface area contributed by atoms with E-state index in [1.54, 1.807) is 0 Å². The van der Waals surface area contributed by atoms with Crippen molar-refractivity contribution >= 4 is 11.6 Å². The maximum atomic E-state index is 13.1. The highest BCUT2D eigenvalue weighted by Crippen LogP contribution is 2.31. The van der Waals surface area contributed by atoms with Gasteiger partial charge in [0.25, 0.3) is 5.91 Å². The van der Waals surface area contributed by atoms with E-state index in [1.165, 1.54) is 5.56 Å². The summed E-state index contributed by atoms with van der Waals surface area (Å²) in [4.78, 5) is 15.0. The zero-order valence-corrected chi connectivity index (χ0v) is 15.2. The number of aryl methyl sites for hydroxylation is 2. The van der Waals surface area contributed by atoms with Crippen LogP contribution in [0.1, 0.15) is 40.7 Å². The number of carbonyl (C=O) groups is 1. The summed E-state index contributed by atoms with van der Waals surface area (Å²) < 4.78 is 11.4. The first kappa shape index (κ1) is 17.1. The SMILES string of the molecule is Cc1cccc2c1N(C(=O)c1ccc(OC[C@@H]3CCCO3)cc1)CCC2. The highest BCUT2D eigenvalue weighted by molar-refractivity contribution is 6.07. The summed E-state index contributed by atoms with van der Waals surface area (Å²) in [7, 11) is 0. The van der Waals surface area contributed by atoms with E-state index in [2.05, 4.69) is 25.1 Å². The number of rotatable bonds is 4. The van der Waals surface area contributed by atoms with E-state index in [0.29, 0.717) is 12.2 Å². The fraction of sp³-hybridized carbons (Fsp3) is 0.409. The van der Waals surface area contributed by atoms with Crippen molar-refractivity contribution in [3.63, 3.8) is 0 Å². The Morgan fingerprint density at radius 3 is 2.81 bits per heavy atom. The Balaban J connectivity index is 1.47. The van der Waals surface area contributed by atoms with Gasteiger partial charge in [-0.2, -0.15) is 0 Å². The third kappa shape index (κ3) is 3.47. The molecule has 2 aliphatic heterocycles. The Bertz CT molecular complexity index is 778. The lowest BCUT2D eigenvalue weighted by molar-refractivity contribution is 0.0679. The molecule has 1 amide bonds. The number of amides is 1. The summed E-state index contributed by atoms with van der Waals surface area (Å²) in [5, 5.41) is 0. The van der Waals surface area contributed by atoms with Gasteiger partial charge >= 0.3 is 0 Å². The smallest absolute Gasteiger partial charge is 0.258 e. The van der Waals surface area contributed by atoms with E-state index >= 15 is 0 Å². The third-order valence-corrected chi connectivity index (χ3v) is 5.23. The summed E-state index contributed by atoms with van der Waals surface area (Å²) in [5.41, 5.74) is 4.21. The van der Waals surface area contributed by atoms with Crippen LogP contribution in [-0.2, 0) is 11.2 Å². The van der Waals surface area contributed by atoms with Crippen LogP contribution in [0.3, 0.4) is 0 Å². The van der Waals surface area contributed by atoms with E-state index in [0.717, 1.165) is 55.8 Å². The Morgan fingerprint density at radius 1 is 1.19 bits per heavy atom. The number of hydrogen-bond donors (Lipinski definition) is 0. The second-order valence-corrected chi connectivity index (χ2v) is 7.11. The quantitative estimate of drug-likeness (QED) is 0.831. The topological polar surface area (TPSA) is 38.8 Å². The summed E-state index contributed by atoms with van der Waals surface area (Å²) >= 11 is 0. The van der Waals surface area contributed by atoms with Gasteiger partial charge in [0.2, 0.25) is 0 Å². The first-order chi connectivity index (χ1) is 12.7. The molecule has 2 heterocycles. The Morgan fingerprint density at radius 2 is 2.04 bits per heavy atom. The van der Waals surface area contributed by atoms with Crippen molar-refractivity contribution < 1.29 is 14.3 Å². The zero-order chi connectivity index (χ0) is 17.9. The summed E-state index contributed by atoms with van der Waals surface area (Å²) in [5.74, 6) is 0.846. The number of anilines is 1. The normalized spacial score (nSPS) is 19.3. The molecule has 0 unspecified atom stereocenters. The number of carbonyl (C=O) groups excluding carboxylic acids is 1. The van der Waals surface area contributed by atoms with E-state index in [9.17, 15) is 4.79 Å². The van der Waals surface area contributed by atoms with Crippen LogP contribution in [0.4, 0.5) is 5.69 Å². The molecule has 4 heteroatoms. The molecule has 2 aliphatic rings. The van der Waals surface area contributed by atoms with Gasteiger partial charge < -0.3 is 14.4 Å². The molecular weight excluding hydrogens is 326 g/mol. The number of para-hydroxylation sites is 1. The Labute approximate surface area is 154 Å². The maximum absolute atomic E-state index is 13.1. The van der Waals surface area contributed by atoms with Crippen LogP contribution < -0.4 is 9.64 Å². The van der Waals surface area contributed by atoms with Gasteiger partial charge in [-0.25, -0.2) is 0 Å². The molecule has 0 aliphatic carbocycles. The van der Waals surface area contributed by atoms with Crippen molar-refractivity contribution in [2.24, 2.45) is 0 Å². The molecule has 0 spiro atoms. The fourth-order valence-electron chi connectivity index (χ4n) is 3.86. The molecule has 4 rings (SSSR count). The number of hydrogen-bond acceptors (Lipinski definition) is 3. The van der Waals surface area contributed by atoms with Crippen LogP contribution in [0.25, 0.3) is 0 Å². The molecule has 2 aromatic carbocycles. The molecule has 26 heavy (non-hydrogen) atoms. The lowest BCUT2D eigenvalue weighted by Gasteiger charge is -2.31. The zero-order valence-electron chi connectivity index (χ0n) is 15.2. The first-order valence-corrected chi connectivity index (χ1v) is 9.47. The van der Waals surface area contributed by atoms with E-state index in [4.69, 9.17) is 9.47 Å². The largest absolute Gasteiger partial charge is 0.491 e. The van der Waals surface area contributed by atoms with Crippen molar-refractivity contribution in [3.05, 3.63) is 59.2 Å². The van der Waals surface area contributed by atoms with Crippen molar-refractivity contribution in [2.75, 3.05) is 24.7 Å². The second-order valence-electron chi connectivity index (χ2n) is 7.11. The third-order valence-electron chi connectivity index (χ3n) is 5.23. The van der Waals surface area contributed by atoms with Crippen molar-refractivity contribution in [1.29, 1.82) is 0 Å². The molecule has 1 fully saturated rings. The summed E-state index contributed by atoms with van der Waals surface area (Å²) in [6, 6.07) is 13.8. The second kappa shape index (κ2) is 7.50. The number of benzene rings is 2. The highest BCUT2D eigenvalue weighted by Gasteiger charge is 2.25. The van der Waals surface area contributed by atoms with E-state index < -0.39 is 0 Å². The summed E-state index contributed by atoms with van der Waals surface area (Å²) in [6.07, 6.45) is 4.41. The van der Waals surface area contributed by atoms with Crippen LogP contribution in [0.15, 0.2) is 42.5 Å². The Kier molecular flexibility index (Phi) is 4.93. The predicted molar refractivity (Wildman–Crippen MR) is 102 cm³/mol. The minimum atomic E-state index is 0.0610. The predicted octanol–water partition coefficient (Wildman–Crippen LogP) is 4.15. The standard InChI is InChI=1S/C22H25NO3/c1-16-5-2-6-17-7-3-13-23(21(16)17)22(24)18-9-11-19(12-10-18)26-15-20-8-4-14-25-20/h2,5-6,9-12,20H,3-4,7-8,13-15H2,1H3/t20-/m0/s1. The maximum Gasteiger partial charge on any atom is 0.258 e.